The molecule has 0 aliphatic heterocycles. The molecule has 0 heterocycles. The largest absolute Gasteiger partial charge is 0.491 e. The van der Waals surface area contributed by atoms with Gasteiger partial charge in [-0.15, -0.1) is 0 Å². The van der Waals surface area contributed by atoms with Crippen LogP contribution in [0.15, 0.2) is 24.3 Å². The number of aliphatic hydroxyl groups excluding tert-OH is 1. The van der Waals surface area contributed by atoms with Crippen LogP contribution >= 0.6 is 11.6 Å². The van der Waals surface area contributed by atoms with Crippen molar-refractivity contribution in [2.75, 3.05) is 26.4 Å². The quantitative estimate of drug-likeness (QED) is 0.688. The average Bonchev–Trinajstić information content (AvgIpc) is 3.00. The molecule has 4 nitrogen and oxygen atoms in total. The minimum Gasteiger partial charge on any atom is -0.491 e. The van der Waals surface area contributed by atoms with Crippen molar-refractivity contribution in [1.29, 1.82) is 0 Å². The summed E-state index contributed by atoms with van der Waals surface area (Å²) in [6, 6.07) is 7.80. The monoisotopic (exact) mass is 313 g/mol. The van der Waals surface area contributed by atoms with Crippen LogP contribution in [0.1, 0.15) is 25.7 Å². The zero-order valence-electron chi connectivity index (χ0n) is 12.3. The number of ether oxygens (including phenoxy) is 2. The molecule has 0 saturated heterocycles. The molecule has 0 amide bonds. The summed E-state index contributed by atoms with van der Waals surface area (Å²) in [4.78, 5) is 0. The van der Waals surface area contributed by atoms with Gasteiger partial charge in [0.15, 0.2) is 0 Å². The Morgan fingerprint density at radius 3 is 2.62 bits per heavy atom. The van der Waals surface area contributed by atoms with Crippen molar-refractivity contribution in [2.45, 2.75) is 37.8 Å². The Labute approximate surface area is 131 Å². The van der Waals surface area contributed by atoms with Crippen LogP contribution in [-0.4, -0.2) is 43.6 Å². The lowest BCUT2D eigenvalue weighted by atomic mass is 10.2. The molecule has 21 heavy (non-hydrogen) atoms. The second-order valence-electron chi connectivity index (χ2n) is 5.42. The van der Waals surface area contributed by atoms with Gasteiger partial charge in [-0.1, -0.05) is 24.4 Å². The van der Waals surface area contributed by atoms with Gasteiger partial charge in [0.05, 0.1) is 19.3 Å². The molecule has 1 aromatic carbocycles. The lowest BCUT2D eigenvalue weighted by Gasteiger charge is -2.16. The number of hydrogen-bond donors (Lipinski definition) is 2. The fourth-order valence-electron chi connectivity index (χ4n) is 2.46. The minimum atomic E-state index is -0.457. The summed E-state index contributed by atoms with van der Waals surface area (Å²) in [5.41, 5.74) is 0. The van der Waals surface area contributed by atoms with E-state index in [1.54, 1.807) is 12.1 Å². The Morgan fingerprint density at radius 1 is 1.19 bits per heavy atom. The van der Waals surface area contributed by atoms with E-state index in [0.29, 0.717) is 37.4 Å². The van der Waals surface area contributed by atoms with Crippen molar-refractivity contribution >= 4 is 11.6 Å². The Hall–Kier alpha value is -0.810. The molecule has 118 valence electrons. The van der Waals surface area contributed by atoms with E-state index in [4.69, 9.17) is 21.1 Å². The van der Waals surface area contributed by atoms with Crippen molar-refractivity contribution in [3.05, 3.63) is 29.3 Å². The Balaban J connectivity index is 1.47. The van der Waals surface area contributed by atoms with Crippen molar-refractivity contribution < 1.29 is 14.6 Å². The third-order valence-electron chi connectivity index (χ3n) is 3.62. The second kappa shape index (κ2) is 9.26. The van der Waals surface area contributed by atoms with Crippen molar-refractivity contribution in [3.8, 4) is 5.75 Å². The first-order valence-corrected chi connectivity index (χ1v) is 7.99. The van der Waals surface area contributed by atoms with Crippen LogP contribution in [0.4, 0.5) is 0 Å². The number of benzene rings is 1. The van der Waals surface area contributed by atoms with Crippen LogP contribution in [0.2, 0.25) is 5.02 Å². The molecule has 1 atom stereocenters. The SMILES string of the molecule is OC(CNC1CCCC1)COCCOc1ccc(Cl)cc1. The number of halogens is 1. The molecular formula is C16H24ClNO3. The summed E-state index contributed by atoms with van der Waals surface area (Å²) in [7, 11) is 0. The Kier molecular flexibility index (Phi) is 7.30. The van der Waals surface area contributed by atoms with E-state index in [2.05, 4.69) is 5.32 Å². The van der Waals surface area contributed by atoms with Crippen LogP contribution in [0, 0.1) is 0 Å². The van der Waals surface area contributed by atoms with E-state index >= 15 is 0 Å². The first kappa shape index (κ1) is 16.6. The van der Waals surface area contributed by atoms with Crippen molar-refractivity contribution in [3.63, 3.8) is 0 Å². The molecule has 0 spiro atoms. The molecule has 1 aromatic rings. The van der Waals surface area contributed by atoms with Gasteiger partial charge in [-0.2, -0.15) is 0 Å². The maximum absolute atomic E-state index is 9.81. The normalized spacial score (nSPS) is 17.0. The first-order valence-electron chi connectivity index (χ1n) is 7.61. The van der Waals surface area contributed by atoms with Crippen LogP contribution in [0.25, 0.3) is 0 Å². The van der Waals surface area contributed by atoms with E-state index in [1.807, 2.05) is 12.1 Å². The number of aliphatic hydroxyl groups is 1. The highest BCUT2D eigenvalue weighted by Gasteiger charge is 2.15. The predicted octanol–water partition coefficient (Wildman–Crippen LogP) is 2.63. The van der Waals surface area contributed by atoms with Gasteiger partial charge in [0.25, 0.3) is 0 Å². The zero-order chi connectivity index (χ0) is 14.9. The number of rotatable bonds is 9. The highest BCUT2D eigenvalue weighted by atomic mass is 35.5. The lowest BCUT2D eigenvalue weighted by Crippen LogP contribution is -2.36. The molecule has 2 N–H and O–H groups in total. The minimum absolute atomic E-state index is 0.337. The maximum Gasteiger partial charge on any atom is 0.119 e. The fraction of sp³-hybridized carbons (Fsp3) is 0.625. The predicted molar refractivity (Wildman–Crippen MR) is 84.0 cm³/mol. The molecule has 0 aromatic heterocycles. The zero-order valence-corrected chi connectivity index (χ0v) is 13.0. The van der Waals surface area contributed by atoms with E-state index < -0.39 is 6.10 Å². The smallest absolute Gasteiger partial charge is 0.119 e. The van der Waals surface area contributed by atoms with Crippen LogP contribution < -0.4 is 10.1 Å². The third kappa shape index (κ3) is 6.66. The van der Waals surface area contributed by atoms with E-state index in [9.17, 15) is 5.11 Å². The van der Waals surface area contributed by atoms with E-state index in [1.165, 1.54) is 25.7 Å². The van der Waals surface area contributed by atoms with E-state index in [-0.39, 0.29) is 0 Å². The molecule has 1 unspecified atom stereocenters. The standard InChI is InChI=1S/C16H24ClNO3/c17-13-5-7-16(8-6-13)21-10-9-20-12-15(19)11-18-14-3-1-2-4-14/h5-8,14-15,18-19H,1-4,9-12H2. The summed E-state index contributed by atoms with van der Waals surface area (Å²) < 4.78 is 10.9. The molecule has 5 heteroatoms. The molecule has 0 radical (unpaired) electrons. The van der Waals surface area contributed by atoms with Gasteiger partial charge in [0.2, 0.25) is 0 Å². The molecule has 1 saturated carbocycles. The summed E-state index contributed by atoms with van der Waals surface area (Å²) >= 11 is 5.79. The van der Waals surface area contributed by atoms with Crippen molar-refractivity contribution in [2.24, 2.45) is 0 Å². The van der Waals surface area contributed by atoms with E-state index in [0.717, 1.165) is 5.75 Å². The second-order valence-corrected chi connectivity index (χ2v) is 5.86. The topological polar surface area (TPSA) is 50.7 Å². The van der Waals surface area contributed by atoms with Crippen LogP contribution in [-0.2, 0) is 4.74 Å². The summed E-state index contributed by atoms with van der Waals surface area (Å²) in [6.07, 6.45) is 4.59. The Morgan fingerprint density at radius 2 is 1.90 bits per heavy atom. The van der Waals surface area contributed by atoms with Crippen LogP contribution in [0.5, 0.6) is 5.75 Å². The highest BCUT2D eigenvalue weighted by Crippen LogP contribution is 2.17. The van der Waals surface area contributed by atoms with Crippen LogP contribution in [0.3, 0.4) is 0 Å². The van der Waals surface area contributed by atoms with Gasteiger partial charge in [0, 0.05) is 17.6 Å². The molecule has 1 aliphatic rings. The summed E-state index contributed by atoms with van der Waals surface area (Å²) in [5, 5.41) is 13.9. The van der Waals surface area contributed by atoms with Gasteiger partial charge in [-0.3, -0.25) is 0 Å². The number of nitrogens with one attached hydrogen (secondary N) is 1. The summed E-state index contributed by atoms with van der Waals surface area (Å²) in [6.45, 7) is 1.86. The molecule has 0 bridgehead atoms. The van der Waals surface area contributed by atoms with Gasteiger partial charge < -0.3 is 19.9 Å². The molecular weight excluding hydrogens is 290 g/mol. The first-order chi connectivity index (χ1) is 10.2. The lowest BCUT2D eigenvalue weighted by molar-refractivity contribution is 0.0241. The van der Waals surface area contributed by atoms with Gasteiger partial charge in [-0.25, -0.2) is 0 Å². The number of hydrogen-bond acceptors (Lipinski definition) is 4. The van der Waals surface area contributed by atoms with Crippen molar-refractivity contribution in [1.82, 2.24) is 5.32 Å². The molecule has 1 fully saturated rings. The Bertz CT molecular complexity index is 393. The molecule has 1 aliphatic carbocycles. The fourth-order valence-corrected chi connectivity index (χ4v) is 2.59. The summed E-state index contributed by atoms with van der Waals surface area (Å²) in [5.74, 6) is 0.770. The molecule has 2 rings (SSSR count). The average molecular weight is 314 g/mol. The van der Waals surface area contributed by atoms with Gasteiger partial charge >= 0.3 is 0 Å². The highest BCUT2D eigenvalue weighted by molar-refractivity contribution is 6.30. The van der Waals surface area contributed by atoms with Gasteiger partial charge in [0.1, 0.15) is 12.4 Å². The third-order valence-corrected chi connectivity index (χ3v) is 3.87. The maximum atomic E-state index is 9.81. The van der Waals surface area contributed by atoms with Gasteiger partial charge in [-0.05, 0) is 37.1 Å².